The number of ether oxygens (including phenoxy) is 1. The van der Waals surface area contributed by atoms with Gasteiger partial charge in [0.1, 0.15) is 0 Å². The second kappa shape index (κ2) is 6.12. The molecule has 1 saturated heterocycles. The fourth-order valence-electron chi connectivity index (χ4n) is 2.20. The minimum absolute atomic E-state index is 0.0755. The first-order valence-corrected chi connectivity index (χ1v) is 6.50. The van der Waals surface area contributed by atoms with E-state index in [-0.39, 0.29) is 17.6 Å². The SMILES string of the molecule is CCOc1ccc(C(=O)C2CN(C)CCN2)cc1F. The summed E-state index contributed by atoms with van der Waals surface area (Å²) in [5, 5.41) is 3.16. The van der Waals surface area contributed by atoms with Gasteiger partial charge in [-0.2, -0.15) is 0 Å². The lowest BCUT2D eigenvalue weighted by molar-refractivity contribution is 0.0894. The zero-order chi connectivity index (χ0) is 13.8. The molecule has 2 rings (SSSR count). The number of hydrogen-bond donors (Lipinski definition) is 1. The summed E-state index contributed by atoms with van der Waals surface area (Å²) >= 11 is 0. The standard InChI is InChI=1S/C14H19FN2O2/c1-3-19-13-5-4-10(8-11(13)15)14(18)12-9-17(2)7-6-16-12/h4-5,8,12,16H,3,6-7,9H2,1-2H3. The number of Topliss-reactive ketones (excluding diaryl/α,β-unsaturated/α-hetero) is 1. The van der Waals surface area contributed by atoms with E-state index in [4.69, 9.17) is 4.74 Å². The number of carbonyl (C=O) groups is 1. The molecular formula is C14H19FN2O2. The van der Waals surface area contributed by atoms with E-state index in [1.165, 1.54) is 12.1 Å². The summed E-state index contributed by atoms with van der Waals surface area (Å²) in [5.41, 5.74) is 0.383. The quantitative estimate of drug-likeness (QED) is 0.834. The van der Waals surface area contributed by atoms with Crippen molar-refractivity contribution in [2.24, 2.45) is 0 Å². The number of likely N-dealkylation sites (N-methyl/N-ethyl adjacent to an activating group) is 1. The molecule has 1 aliphatic heterocycles. The van der Waals surface area contributed by atoms with Gasteiger partial charge in [-0.1, -0.05) is 0 Å². The zero-order valence-corrected chi connectivity index (χ0v) is 11.3. The van der Waals surface area contributed by atoms with E-state index in [0.717, 1.165) is 13.1 Å². The van der Waals surface area contributed by atoms with Crippen LogP contribution in [0.25, 0.3) is 0 Å². The molecule has 5 heteroatoms. The Balaban J connectivity index is 2.12. The van der Waals surface area contributed by atoms with Crippen molar-refractivity contribution in [2.75, 3.05) is 33.3 Å². The molecule has 0 amide bonds. The lowest BCUT2D eigenvalue weighted by Crippen LogP contribution is -2.52. The van der Waals surface area contributed by atoms with Gasteiger partial charge in [0.25, 0.3) is 0 Å². The molecule has 1 heterocycles. The van der Waals surface area contributed by atoms with Crippen LogP contribution in [-0.2, 0) is 0 Å². The number of halogens is 1. The van der Waals surface area contributed by atoms with Gasteiger partial charge in [-0.15, -0.1) is 0 Å². The van der Waals surface area contributed by atoms with Crippen LogP contribution in [-0.4, -0.2) is 50.0 Å². The third-order valence-corrected chi connectivity index (χ3v) is 3.21. The lowest BCUT2D eigenvalue weighted by Gasteiger charge is -2.29. The van der Waals surface area contributed by atoms with Crippen molar-refractivity contribution >= 4 is 5.78 Å². The highest BCUT2D eigenvalue weighted by Crippen LogP contribution is 2.19. The van der Waals surface area contributed by atoms with E-state index >= 15 is 0 Å². The fourth-order valence-corrected chi connectivity index (χ4v) is 2.20. The van der Waals surface area contributed by atoms with Crippen molar-refractivity contribution in [3.8, 4) is 5.75 Å². The van der Waals surface area contributed by atoms with Crippen LogP contribution in [0.3, 0.4) is 0 Å². The first-order chi connectivity index (χ1) is 9.11. The van der Waals surface area contributed by atoms with Crippen molar-refractivity contribution in [1.29, 1.82) is 0 Å². The van der Waals surface area contributed by atoms with Crippen LogP contribution in [0.1, 0.15) is 17.3 Å². The Labute approximate surface area is 112 Å². The molecular weight excluding hydrogens is 247 g/mol. The lowest BCUT2D eigenvalue weighted by atomic mass is 10.0. The molecule has 1 unspecified atom stereocenters. The minimum Gasteiger partial charge on any atom is -0.491 e. The number of hydrogen-bond acceptors (Lipinski definition) is 4. The van der Waals surface area contributed by atoms with E-state index in [1.54, 1.807) is 13.0 Å². The van der Waals surface area contributed by atoms with Crippen LogP contribution in [0.5, 0.6) is 5.75 Å². The number of rotatable bonds is 4. The maximum absolute atomic E-state index is 13.7. The van der Waals surface area contributed by atoms with Crippen molar-refractivity contribution < 1.29 is 13.9 Å². The average molecular weight is 266 g/mol. The van der Waals surface area contributed by atoms with Gasteiger partial charge in [-0.3, -0.25) is 4.79 Å². The number of ketones is 1. The normalized spacial score (nSPS) is 20.3. The molecule has 1 aromatic rings. The third kappa shape index (κ3) is 3.30. The van der Waals surface area contributed by atoms with Gasteiger partial charge in [0.05, 0.1) is 12.6 Å². The Morgan fingerprint density at radius 1 is 1.58 bits per heavy atom. The van der Waals surface area contributed by atoms with Crippen LogP contribution in [0, 0.1) is 5.82 Å². The Bertz CT molecular complexity index is 465. The van der Waals surface area contributed by atoms with Crippen LogP contribution in [0.4, 0.5) is 4.39 Å². The molecule has 1 aromatic carbocycles. The van der Waals surface area contributed by atoms with Crippen molar-refractivity contribution in [2.45, 2.75) is 13.0 Å². The highest BCUT2D eigenvalue weighted by Gasteiger charge is 2.25. The maximum atomic E-state index is 13.7. The number of piperazine rings is 1. The topological polar surface area (TPSA) is 41.6 Å². The first-order valence-electron chi connectivity index (χ1n) is 6.50. The number of benzene rings is 1. The molecule has 0 saturated carbocycles. The van der Waals surface area contributed by atoms with Crippen molar-refractivity contribution in [3.05, 3.63) is 29.6 Å². The Kier molecular flexibility index (Phi) is 4.50. The van der Waals surface area contributed by atoms with Crippen molar-refractivity contribution in [1.82, 2.24) is 10.2 Å². The highest BCUT2D eigenvalue weighted by atomic mass is 19.1. The summed E-state index contributed by atoms with van der Waals surface area (Å²) in [6.07, 6.45) is 0. The summed E-state index contributed by atoms with van der Waals surface area (Å²) in [7, 11) is 1.97. The van der Waals surface area contributed by atoms with Crippen LogP contribution >= 0.6 is 0 Å². The smallest absolute Gasteiger partial charge is 0.181 e. The molecule has 1 aliphatic rings. The van der Waals surface area contributed by atoms with Gasteiger partial charge in [0.2, 0.25) is 0 Å². The molecule has 0 aliphatic carbocycles. The van der Waals surface area contributed by atoms with Gasteiger partial charge in [0, 0.05) is 25.2 Å². The molecule has 1 N–H and O–H groups in total. The van der Waals surface area contributed by atoms with E-state index < -0.39 is 5.82 Å². The first kappa shape index (κ1) is 14.0. The van der Waals surface area contributed by atoms with Gasteiger partial charge in [0.15, 0.2) is 17.3 Å². The second-order valence-corrected chi connectivity index (χ2v) is 4.71. The Morgan fingerprint density at radius 3 is 3.00 bits per heavy atom. The van der Waals surface area contributed by atoms with Crippen LogP contribution in [0.2, 0.25) is 0 Å². The summed E-state index contributed by atoms with van der Waals surface area (Å²) in [5.74, 6) is -0.377. The monoisotopic (exact) mass is 266 g/mol. The molecule has 1 atom stereocenters. The largest absolute Gasteiger partial charge is 0.491 e. The number of nitrogens with zero attached hydrogens (tertiary/aromatic N) is 1. The fraction of sp³-hybridized carbons (Fsp3) is 0.500. The zero-order valence-electron chi connectivity index (χ0n) is 11.3. The van der Waals surface area contributed by atoms with Gasteiger partial charge in [-0.05, 0) is 32.2 Å². The van der Waals surface area contributed by atoms with E-state index in [0.29, 0.717) is 18.7 Å². The average Bonchev–Trinajstić information content (AvgIpc) is 2.40. The molecule has 4 nitrogen and oxygen atoms in total. The molecule has 19 heavy (non-hydrogen) atoms. The third-order valence-electron chi connectivity index (χ3n) is 3.21. The predicted molar refractivity (Wildman–Crippen MR) is 71.2 cm³/mol. The second-order valence-electron chi connectivity index (χ2n) is 4.71. The maximum Gasteiger partial charge on any atom is 0.181 e. The van der Waals surface area contributed by atoms with Crippen LogP contribution < -0.4 is 10.1 Å². The van der Waals surface area contributed by atoms with Gasteiger partial charge >= 0.3 is 0 Å². The summed E-state index contributed by atoms with van der Waals surface area (Å²) in [4.78, 5) is 14.4. The number of carbonyl (C=O) groups excluding carboxylic acids is 1. The summed E-state index contributed by atoms with van der Waals surface area (Å²) in [6.45, 7) is 4.53. The van der Waals surface area contributed by atoms with E-state index in [2.05, 4.69) is 10.2 Å². The Hall–Kier alpha value is -1.46. The predicted octanol–water partition coefficient (Wildman–Crippen LogP) is 1.31. The molecule has 0 bridgehead atoms. The molecule has 0 spiro atoms. The minimum atomic E-state index is -0.489. The summed E-state index contributed by atoms with van der Waals surface area (Å²) in [6, 6.07) is 4.12. The Morgan fingerprint density at radius 2 is 2.37 bits per heavy atom. The van der Waals surface area contributed by atoms with Gasteiger partial charge in [-0.25, -0.2) is 4.39 Å². The molecule has 0 radical (unpaired) electrons. The van der Waals surface area contributed by atoms with Crippen LogP contribution in [0.15, 0.2) is 18.2 Å². The van der Waals surface area contributed by atoms with Gasteiger partial charge < -0.3 is 15.0 Å². The highest BCUT2D eigenvalue weighted by molar-refractivity contribution is 6.00. The van der Waals surface area contributed by atoms with E-state index in [9.17, 15) is 9.18 Å². The molecule has 104 valence electrons. The number of nitrogens with one attached hydrogen (secondary N) is 1. The molecule has 1 fully saturated rings. The molecule has 0 aromatic heterocycles. The summed E-state index contributed by atoms with van der Waals surface area (Å²) < 4.78 is 18.9. The van der Waals surface area contributed by atoms with Crippen molar-refractivity contribution in [3.63, 3.8) is 0 Å². The van der Waals surface area contributed by atoms with E-state index in [1.807, 2.05) is 7.05 Å².